The van der Waals surface area contributed by atoms with Crippen LogP contribution in [0.5, 0.6) is 0 Å². The van der Waals surface area contributed by atoms with Crippen LogP contribution in [0.25, 0.3) is 0 Å². The van der Waals surface area contributed by atoms with Crippen molar-refractivity contribution < 1.29 is 24.5 Å². The quantitative estimate of drug-likeness (QED) is 0.567. The monoisotopic (exact) mass is 329 g/mol. The molecule has 0 saturated carbocycles. The molecule has 0 radical (unpaired) electrons. The maximum atomic E-state index is 12.3. The molecule has 134 valence electrons. The Morgan fingerprint density at radius 2 is 1.57 bits per heavy atom. The van der Waals surface area contributed by atoms with Crippen molar-refractivity contribution in [3.63, 3.8) is 0 Å². The fraction of sp³-hybridized carbons (Fsp3) is 0.882. The maximum absolute atomic E-state index is 12.3. The van der Waals surface area contributed by atoms with Gasteiger partial charge in [0.05, 0.1) is 18.8 Å². The van der Waals surface area contributed by atoms with Crippen molar-refractivity contribution in [1.82, 2.24) is 4.90 Å². The first kappa shape index (κ1) is 19.9. The molecule has 1 aliphatic rings. The summed E-state index contributed by atoms with van der Waals surface area (Å²) in [5.74, 6) is -0.580. The Hall–Kier alpha value is -1.14. The summed E-state index contributed by atoms with van der Waals surface area (Å²) in [7, 11) is 0. The first-order valence-corrected chi connectivity index (χ1v) is 8.82. The molecule has 23 heavy (non-hydrogen) atoms. The first-order valence-electron chi connectivity index (χ1n) is 8.82. The van der Waals surface area contributed by atoms with Gasteiger partial charge in [0, 0.05) is 25.9 Å². The second kappa shape index (κ2) is 11.4. The maximum Gasteiger partial charge on any atom is 0.303 e. The molecule has 1 amide bonds. The SMILES string of the molecule is CCC1CN(C(=O)CCCCCCCCC(=O)O)C[C@@H](CO)O1. The summed E-state index contributed by atoms with van der Waals surface area (Å²) in [5.41, 5.74) is 0. The Bertz CT molecular complexity index is 349. The Morgan fingerprint density at radius 3 is 2.13 bits per heavy atom. The molecule has 2 atom stereocenters. The van der Waals surface area contributed by atoms with Crippen molar-refractivity contribution in [2.45, 2.75) is 76.9 Å². The summed E-state index contributed by atoms with van der Waals surface area (Å²) >= 11 is 0. The molecular formula is C17H31NO5. The van der Waals surface area contributed by atoms with Crippen LogP contribution in [0, 0.1) is 0 Å². The fourth-order valence-corrected chi connectivity index (χ4v) is 2.87. The highest BCUT2D eigenvalue weighted by Crippen LogP contribution is 2.16. The van der Waals surface area contributed by atoms with E-state index in [1.165, 1.54) is 0 Å². The van der Waals surface area contributed by atoms with E-state index < -0.39 is 5.97 Å². The average molecular weight is 329 g/mol. The molecule has 0 aromatic heterocycles. The van der Waals surface area contributed by atoms with Crippen molar-refractivity contribution in [2.75, 3.05) is 19.7 Å². The van der Waals surface area contributed by atoms with Crippen molar-refractivity contribution in [3.8, 4) is 0 Å². The number of carbonyl (C=O) groups excluding carboxylic acids is 1. The van der Waals surface area contributed by atoms with Gasteiger partial charge >= 0.3 is 5.97 Å². The van der Waals surface area contributed by atoms with Crippen LogP contribution < -0.4 is 0 Å². The van der Waals surface area contributed by atoms with Crippen LogP contribution in [0.3, 0.4) is 0 Å². The van der Waals surface area contributed by atoms with Gasteiger partial charge in [0.15, 0.2) is 0 Å². The van der Waals surface area contributed by atoms with E-state index in [4.69, 9.17) is 9.84 Å². The number of unbranched alkanes of at least 4 members (excludes halogenated alkanes) is 5. The second-order valence-electron chi connectivity index (χ2n) is 6.28. The van der Waals surface area contributed by atoms with Crippen molar-refractivity contribution in [2.24, 2.45) is 0 Å². The van der Waals surface area contributed by atoms with E-state index in [9.17, 15) is 14.7 Å². The second-order valence-corrected chi connectivity index (χ2v) is 6.28. The number of carbonyl (C=O) groups is 2. The van der Waals surface area contributed by atoms with Crippen LogP contribution in [0.15, 0.2) is 0 Å². The summed E-state index contributed by atoms with van der Waals surface area (Å²) in [6, 6.07) is 0. The number of aliphatic hydroxyl groups excluding tert-OH is 1. The lowest BCUT2D eigenvalue weighted by Crippen LogP contribution is -2.51. The summed E-state index contributed by atoms with van der Waals surface area (Å²) < 4.78 is 5.68. The highest BCUT2D eigenvalue weighted by atomic mass is 16.5. The minimum absolute atomic E-state index is 0.0269. The molecule has 0 bridgehead atoms. The van der Waals surface area contributed by atoms with Gasteiger partial charge in [-0.05, 0) is 19.3 Å². The standard InChI is InChI=1S/C17H31NO5/c1-2-14-11-18(12-15(13-19)23-14)16(20)9-7-5-3-4-6-8-10-17(21)22/h14-15,19H,2-13H2,1H3,(H,21,22)/t14?,15-/m0/s1. The number of aliphatic carboxylic acids is 1. The summed E-state index contributed by atoms with van der Waals surface area (Å²) in [6.07, 6.45) is 7.05. The van der Waals surface area contributed by atoms with E-state index in [0.717, 1.165) is 44.9 Å². The van der Waals surface area contributed by atoms with E-state index in [0.29, 0.717) is 19.5 Å². The molecule has 1 aliphatic heterocycles. The molecular weight excluding hydrogens is 298 g/mol. The third kappa shape index (κ3) is 8.32. The van der Waals surface area contributed by atoms with Crippen LogP contribution in [0.2, 0.25) is 0 Å². The Balaban J connectivity index is 2.12. The Kier molecular flexibility index (Phi) is 9.87. The minimum atomic E-state index is -0.729. The highest BCUT2D eigenvalue weighted by Gasteiger charge is 2.28. The number of rotatable bonds is 11. The van der Waals surface area contributed by atoms with E-state index in [-0.39, 0.29) is 31.1 Å². The number of carboxylic acids is 1. The van der Waals surface area contributed by atoms with E-state index >= 15 is 0 Å². The molecule has 0 aromatic rings. The molecule has 1 rings (SSSR count). The number of carboxylic acid groups (broad SMARTS) is 1. The summed E-state index contributed by atoms with van der Waals surface area (Å²) in [4.78, 5) is 24.5. The predicted molar refractivity (Wildman–Crippen MR) is 87.2 cm³/mol. The van der Waals surface area contributed by atoms with Gasteiger partial charge in [-0.25, -0.2) is 0 Å². The molecule has 2 N–H and O–H groups in total. The van der Waals surface area contributed by atoms with Crippen LogP contribution in [0.4, 0.5) is 0 Å². The van der Waals surface area contributed by atoms with Crippen LogP contribution >= 0.6 is 0 Å². The lowest BCUT2D eigenvalue weighted by molar-refractivity contribution is -0.149. The molecule has 1 fully saturated rings. The normalized spacial score (nSPS) is 21.4. The molecule has 6 heteroatoms. The van der Waals surface area contributed by atoms with Gasteiger partial charge < -0.3 is 19.8 Å². The van der Waals surface area contributed by atoms with Gasteiger partial charge in [-0.15, -0.1) is 0 Å². The number of nitrogens with zero attached hydrogens (tertiary/aromatic N) is 1. The first-order chi connectivity index (χ1) is 11.1. The zero-order chi connectivity index (χ0) is 17.1. The van der Waals surface area contributed by atoms with E-state index in [2.05, 4.69) is 0 Å². The van der Waals surface area contributed by atoms with E-state index in [1.54, 1.807) is 0 Å². The number of hydrogen-bond donors (Lipinski definition) is 2. The summed E-state index contributed by atoms with van der Waals surface area (Å²) in [6.45, 7) is 3.09. The molecule has 0 aliphatic carbocycles. The van der Waals surface area contributed by atoms with Gasteiger partial charge in [-0.1, -0.05) is 32.6 Å². The molecule has 1 heterocycles. The number of aliphatic hydroxyl groups is 1. The van der Waals surface area contributed by atoms with Crippen LogP contribution in [-0.2, 0) is 14.3 Å². The van der Waals surface area contributed by atoms with Crippen LogP contribution in [-0.4, -0.2) is 58.9 Å². The van der Waals surface area contributed by atoms with E-state index in [1.807, 2.05) is 11.8 Å². The molecule has 1 saturated heterocycles. The third-order valence-electron chi connectivity index (χ3n) is 4.28. The molecule has 6 nitrogen and oxygen atoms in total. The molecule has 1 unspecified atom stereocenters. The third-order valence-corrected chi connectivity index (χ3v) is 4.28. The zero-order valence-corrected chi connectivity index (χ0v) is 14.2. The average Bonchev–Trinajstić information content (AvgIpc) is 2.56. The topological polar surface area (TPSA) is 87.1 Å². The van der Waals surface area contributed by atoms with Crippen molar-refractivity contribution in [1.29, 1.82) is 0 Å². The van der Waals surface area contributed by atoms with Gasteiger partial charge in [0.25, 0.3) is 0 Å². The van der Waals surface area contributed by atoms with Crippen molar-refractivity contribution >= 4 is 11.9 Å². The van der Waals surface area contributed by atoms with Crippen molar-refractivity contribution in [3.05, 3.63) is 0 Å². The predicted octanol–water partition coefficient (Wildman–Crippen LogP) is 2.19. The lowest BCUT2D eigenvalue weighted by atomic mass is 10.1. The number of ether oxygens (including phenoxy) is 1. The number of amides is 1. The molecule has 0 aromatic carbocycles. The summed E-state index contributed by atoms with van der Waals surface area (Å²) in [5, 5.41) is 17.8. The largest absolute Gasteiger partial charge is 0.481 e. The minimum Gasteiger partial charge on any atom is -0.481 e. The number of morpholine rings is 1. The van der Waals surface area contributed by atoms with Gasteiger partial charge in [0.1, 0.15) is 0 Å². The van der Waals surface area contributed by atoms with Gasteiger partial charge in [-0.3, -0.25) is 9.59 Å². The number of hydrogen-bond acceptors (Lipinski definition) is 4. The molecule has 0 spiro atoms. The van der Waals surface area contributed by atoms with Gasteiger partial charge in [-0.2, -0.15) is 0 Å². The Labute approximate surface area is 138 Å². The Morgan fingerprint density at radius 1 is 1.00 bits per heavy atom. The van der Waals surface area contributed by atoms with Gasteiger partial charge in [0.2, 0.25) is 5.91 Å². The fourth-order valence-electron chi connectivity index (χ4n) is 2.87. The lowest BCUT2D eigenvalue weighted by Gasteiger charge is -2.37. The smallest absolute Gasteiger partial charge is 0.303 e. The zero-order valence-electron chi connectivity index (χ0n) is 14.2. The van der Waals surface area contributed by atoms with Crippen LogP contribution in [0.1, 0.15) is 64.7 Å². The highest BCUT2D eigenvalue weighted by molar-refractivity contribution is 5.76.